The quantitative estimate of drug-likeness (QED) is 0.849. The molecule has 0 spiro atoms. The van der Waals surface area contributed by atoms with Gasteiger partial charge >= 0.3 is 0 Å². The largest absolute Gasteiger partial charge is 0.493 e. The molecule has 1 aliphatic rings. The van der Waals surface area contributed by atoms with E-state index in [4.69, 9.17) is 9.47 Å². The van der Waals surface area contributed by atoms with Crippen LogP contribution in [0.2, 0.25) is 0 Å². The number of nitrogens with zero attached hydrogens (tertiary/aromatic N) is 2. The average molecular weight is 334 g/mol. The van der Waals surface area contributed by atoms with Crippen molar-refractivity contribution >= 4 is 11.8 Å². The highest BCUT2D eigenvalue weighted by atomic mass is 16.5. The third-order valence-electron chi connectivity index (χ3n) is 4.13. The Morgan fingerprint density at radius 1 is 0.917 bits per heavy atom. The van der Waals surface area contributed by atoms with E-state index in [2.05, 4.69) is 0 Å². The Bertz CT molecular complexity index is 614. The first-order valence-corrected chi connectivity index (χ1v) is 8.08. The minimum atomic E-state index is -0.393. The van der Waals surface area contributed by atoms with E-state index in [0.717, 1.165) is 0 Å². The van der Waals surface area contributed by atoms with E-state index < -0.39 is 5.41 Å². The number of amides is 2. The van der Waals surface area contributed by atoms with Crippen molar-refractivity contribution in [1.29, 1.82) is 0 Å². The fourth-order valence-corrected chi connectivity index (χ4v) is 2.74. The van der Waals surface area contributed by atoms with Crippen molar-refractivity contribution in [3.63, 3.8) is 0 Å². The molecule has 2 amide bonds. The van der Waals surface area contributed by atoms with E-state index in [9.17, 15) is 9.59 Å². The molecule has 0 aliphatic carbocycles. The molecule has 1 saturated heterocycles. The average Bonchev–Trinajstić information content (AvgIpc) is 2.59. The van der Waals surface area contributed by atoms with Gasteiger partial charge in [-0.1, -0.05) is 20.8 Å². The van der Waals surface area contributed by atoms with E-state index in [1.54, 1.807) is 37.3 Å². The maximum Gasteiger partial charge on any atom is 0.254 e. The number of ether oxygens (including phenoxy) is 2. The lowest BCUT2D eigenvalue weighted by Gasteiger charge is -2.37. The molecular formula is C18H26N2O4. The second-order valence-electron chi connectivity index (χ2n) is 6.90. The Hall–Kier alpha value is -2.24. The van der Waals surface area contributed by atoms with Crippen molar-refractivity contribution in [2.75, 3.05) is 40.4 Å². The molecular weight excluding hydrogens is 308 g/mol. The van der Waals surface area contributed by atoms with Crippen molar-refractivity contribution in [3.8, 4) is 11.5 Å². The van der Waals surface area contributed by atoms with Crippen LogP contribution in [0, 0.1) is 5.41 Å². The van der Waals surface area contributed by atoms with Gasteiger partial charge in [0.05, 0.1) is 14.2 Å². The van der Waals surface area contributed by atoms with Crippen molar-refractivity contribution in [3.05, 3.63) is 23.8 Å². The van der Waals surface area contributed by atoms with Gasteiger partial charge in [-0.25, -0.2) is 0 Å². The minimum Gasteiger partial charge on any atom is -0.493 e. The molecule has 1 aromatic rings. The smallest absolute Gasteiger partial charge is 0.254 e. The van der Waals surface area contributed by atoms with Gasteiger partial charge in [0, 0.05) is 37.2 Å². The predicted octanol–water partition coefficient (Wildman–Crippen LogP) is 2.03. The zero-order chi connectivity index (χ0) is 17.9. The molecule has 6 nitrogen and oxygen atoms in total. The zero-order valence-corrected chi connectivity index (χ0v) is 15.1. The number of carbonyl (C=O) groups is 2. The van der Waals surface area contributed by atoms with Gasteiger partial charge in [-0.3, -0.25) is 9.59 Å². The minimum absolute atomic E-state index is 0.0567. The summed E-state index contributed by atoms with van der Waals surface area (Å²) >= 11 is 0. The predicted molar refractivity (Wildman–Crippen MR) is 91.5 cm³/mol. The van der Waals surface area contributed by atoms with Gasteiger partial charge in [0.1, 0.15) is 0 Å². The second kappa shape index (κ2) is 7.11. The summed E-state index contributed by atoms with van der Waals surface area (Å²) < 4.78 is 10.4. The summed E-state index contributed by atoms with van der Waals surface area (Å²) in [4.78, 5) is 28.6. The summed E-state index contributed by atoms with van der Waals surface area (Å²) in [5.41, 5.74) is 0.165. The standard InChI is InChI=1S/C18H26N2O4/c1-18(2,3)17(22)20-10-8-19(9-11-20)16(21)13-6-7-14(23-4)15(12-13)24-5/h6-7,12H,8-11H2,1-5H3. The van der Waals surface area contributed by atoms with E-state index in [0.29, 0.717) is 43.2 Å². The molecule has 1 aromatic carbocycles. The summed E-state index contributed by atoms with van der Waals surface area (Å²) in [5, 5.41) is 0. The van der Waals surface area contributed by atoms with E-state index >= 15 is 0 Å². The van der Waals surface area contributed by atoms with Crippen LogP contribution < -0.4 is 9.47 Å². The van der Waals surface area contributed by atoms with Gasteiger partial charge < -0.3 is 19.3 Å². The number of hydrogen-bond acceptors (Lipinski definition) is 4. The Labute approximate surface area is 143 Å². The fraction of sp³-hybridized carbons (Fsp3) is 0.556. The first kappa shape index (κ1) is 18.1. The van der Waals surface area contributed by atoms with Gasteiger partial charge in [-0.05, 0) is 18.2 Å². The van der Waals surface area contributed by atoms with Gasteiger partial charge in [-0.2, -0.15) is 0 Å². The molecule has 0 saturated carbocycles. The molecule has 6 heteroatoms. The monoisotopic (exact) mass is 334 g/mol. The van der Waals surface area contributed by atoms with E-state index in [1.165, 1.54) is 0 Å². The maximum atomic E-state index is 12.7. The third-order valence-corrected chi connectivity index (χ3v) is 4.13. The number of carbonyl (C=O) groups excluding carboxylic acids is 2. The highest BCUT2D eigenvalue weighted by molar-refractivity contribution is 5.95. The van der Waals surface area contributed by atoms with Crippen LogP contribution >= 0.6 is 0 Å². The molecule has 132 valence electrons. The molecule has 1 aliphatic heterocycles. The molecule has 0 bridgehead atoms. The van der Waals surface area contributed by atoms with Crippen molar-refractivity contribution in [2.24, 2.45) is 5.41 Å². The molecule has 1 heterocycles. The Balaban J connectivity index is 2.04. The van der Waals surface area contributed by atoms with E-state index in [-0.39, 0.29) is 11.8 Å². The van der Waals surface area contributed by atoms with Crippen molar-refractivity contribution < 1.29 is 19.1 Å². The topological polar surface area (TPSA) is 59.1 Å². The maximum absolute atomic E-state index is 12.7. The Kier molecular flexibility index (Phi) is 5.36. The molecule has 2 rings (SSSR count). The number of methoxy groups -OCH3 is 2. The lowest BCUT2D eigenvalue weighted by atomic mass is 9.94. The Morgan fingerprint density at radius 3 is 1.96 bits per heavy atom. The van der Waals surface area contributed by atoms with Crippen LogP contribution in [-0.2, 0) is 4.79 Å². The molecule has 0 radical (unpaired) electrons. The SMILES string of the molecule is COc1ccc(C(=O)N2CCN(C(=O)C(C)(C)C)CC2)cc1OC. The number of hydrogen-bond donors (Lipinski definition) is 0. The summed E-state index contributed by atoms with van der Waals surface area (Å²) in [6.07, 6.45) is 0. The van der Waals surface area contributed by atoms with Crippen LogP contribution in [0.4, 0.5) is 0 Å². The molecule has 0 N–H and O–H groups in total. The first-order chi connectivity index (χ1) is 11.3. The number of benzene rings is 1. The van der Waals surface area contributed by atoms with Crippen LogP contribution in [-0.4, -0.2) is 62.0 Å². The fourth-order valence-electron chi connectivity index (χ4n) is 2.74. The first-order valence-electron chi connectivity index (χ1n) is 8.08. The third kappa shape index (κ3) is 3.80. The molecule has 0 unspecified atom stereocenters. The summed E-state index contributed by atoms with van der Waals surface area (Å²) in [6.45, 7) is 7.94. The van der Waals surface area contributed by atoms with Crippen LogP contribution in [0.5, 0.6) is 11.5 Å². The highest BCUT2D eigenvalue weighted by Gasteiger charge is 2.31. The van der Waals surface area contributed by atoms with Gasteiger partial charge in [0.25, 0.3) is 5.91 Å². The molecule has 1 fully saturated rings. The van der Waals surface area contributed by atoms with Crippen LogP contribution in [0.15, 0.2) is 18.2 Å². The molecule has 0 atom stereocenters. The lowest BCUT2D eigenvalue weighted by molar-refractivity contribution is -0.140. The van der Waals surface area contributed by atoms with Crippen LogP contribution in [0.25, 0.3) is 0 Å². The summed E-state index contributed by atoms with van der Waals surface area (Å²) in [6, 6.07) is 5.15. The second-order valence-corrected chi connectivity index (χ2v) is 6.90. The highest BCUT2D eigenvalue weighted by Crippen LogP contribution is 2.28. The van der Waals surface area contributed by atoms with Gasteiger partial charge in [0.2, 0.25) is 5.91 Å². The van der Waals surface area contributed by atoms with Gasteiger partial charge in [-0.15, -0.1) is 0 Å². The zero-order valence-electron chi connectivity index (χ0n) is 15.1. The van der Waals surface area contributed by atoms with Crippen LogP contribution in [0.1, 0.15) is 31.1 Å². The lowest BCUT2D eigenvalue weighted by Crippen LogP contribution is -2.53. The summed E-state index contributed by atoms with van der Waals surface area (Å²) in [5.74, 6) is 1.19. The number of rotatable bonds is 3. The van der Waals surface area contributed by atoms with Crippen LogP contribution in [0.3, 0.4) is 0 Å². The normalized spacial score (nSPS) is 15.2. The van der Waals surface area contributed by atoms with Crippen molar-refractivity contribution in [2.45, 2.75) is 20.8 Å². The number of piperazine rings is 1. The van der Waals surface area contributed by atoms with Gasteiger partial charge in [0.15, 0.2) is 11.5 Å². The Morgan fingerprint density at radius 2 is 1.46 bits per heavy atom. The van der Waals surface area contributed by atoms with Crippen molar-refractivity contribution in [1.82, 2.24) is 9.80 Å². The molecule has 24 heavy (non-hydrogen) atoms. The van der Waals surface area contributed by atoms with E-state index in [1.807, 2.05) is 25.7 Å². The molecule has 0 aromatic heterocycles. The summed E-state index contributed by atoms with van der Waals surface area (Å²) in [7, 11) is 3.10.